The molecule has 1 aliphatic heterocycles. The van der Waals surface area contributed by atoms with Gasteiger partial charge < -0.3 is 10.6 Å². The normalized spacial score (nSPS) is 19.0. The Morgan fingerprint density at radius 3 is 2.75 bits per heavy atom. The summed E-state index contributed by atoms with van der Waals surface area (Å²) in [5, 5.41) is 6.25. The van der Waals surface area contributed by atoms with Crippen LogP contribution in [0.15, 0.2) is 18.2 Å². The third-order valence-corrected chi connectivity index (χ3v) is 2.79. The van der Waals surface area contributed by atoms with Crippen LogP contribution in [0, 0.1) is 12.8 Å². The molecule has 86 valence electrons. The molecule has 2 N–H and O–H groups in total. The number of hydrogen-bond donors (Lipinski definition) is 2. The number of rotatable bonds is 2. The van der Waals surface area contributed by atoms with Crippen molar-refractivity contribution in [1.82, 2.24) is 0 Å². The van der Waals surface area contributed by atoms with Crippen LogP contribution in [0.25, 0.3) is 0 Å². The number of amides is 1. The summed E-state index contributed by atoms with van der Waals surface area (Å²) in [6.45, 7) is 6.30. The zero-order valence-corrected chi connectivity index (χ0v) is 10.0. The van der Waals surface area contributed by atoms with Gasteiger partial charge in [0.25, 0.3) is 0 Å². The van der Waals surface area contributed by atoms with Crippen molar-refractivity contribution in [1.29, 1.82) is 0 Å². The minimum Gasteiger partial charge on any atom is -0.372 e. The minimum atomic E-state index is -0.103. The van der Waals surface area contributed by atoms with Crippen molar-refractivity contribution in [3.8, 4) is 0 Å². The van der Waals surface area contributed by atoms with Crippen molar-refractivity contribution in [3.05, 3.63) is 23.8 Å². The van der Waals surface area contributed by atoms with Crippen molar-refractivity contribution in [2.24, 2.45) is 5.92 Å². The van der Waals surface area contributed by atoms with Crippen LogP contribution < -0.4 is 10.6 Å². The van der Waals surface area contributed by atoms with Gasteiger partial charge in [-0.05, 0) is 37.0 Å². The summed E-state index contributed by atoms with van der Waals surface area (Å²) in [7, 11) is 0. The lowest BCUT2D eigenvalue weighted by molar-refractivity contribution is -0.117. The molecule has 1 atom stereocenters. The number of carbonyl (C=O) groups is 1. The number of anilines is 2. The van der Waals surface area contributed by atoms with Gasteiger partial charge in [-0.25, -0.2) is 0 Å². The Morgan fingerprint density at radius 1 is 1.31 bits per heavy atom. The van der Waals surface area contributed by atoms with Gasteiger partial charge in [-0.3, -0.25) is 4.79 Å². The number of aryl methyl sites for hydroxylation is 1. The first kappa shape index (κ1) is 11.0. The van der Waals surface area contributed by atoms with Crippen molar-refractivity contribution in [2.45, 2.75) is 33.2 Å². The highest BCUT2D eigenvalue weighted by atomic mass is 16.2. The second-order valence-corrected chi connectivity index (χ2v) is 4.86. The fraction of sp³-hybridized carbons (Fsp3) is 0.462. The summed E-state index contributed by atoms with van der Waals surface area (Å²) >= 11 is 0. The maximum Gasteiger partial charge on any atom is 0.246 e. The molecular weight excluding hydrogens is 200 g/mol. The Bertz CT molecular complexity index is 412. The zero-order valence-electron chi connectivity index (χ0n) is 10.0. The van der Waals surface area contributed by atoms with Crippen LogP contribution in [-0.2, 0) is 4.79 Å². The highest BCUT2D eigenvalue weighted by Crippen LogP contribution is 2.29. The first-order valence-corrected chi connectivity index (χ1v) is 5.74. The minimum absolute atomic E-state index is 0.0741. The number of fused-ring (bicyclic) bond motifs is 1. The second kappa shape index (κ2) is 4.16. The zero-order chi connectivity index (χ0) is 11.7. The molecule has 0 aromatic heterocycles. The van der Waals surface area contributed by atoms with E-state index in [-0.39, 0.29) is 11.9 Å². The lowest BCUT2D eigenvalue weighted by Gasteiger charge is -2.28. The SMILES string of the molecule is Cc1ccc2c(c1)NC(CC(C)C)C(=O)N2. The molecular formula is C13H18N2O. The molecule has 16 heavy (non-hydrogen) atoms. The molecule has 1 unspecified atom stereocenters. The molecule has 0 bridgehead atoms. The van der Waals surface area contributed by atoms with E-state index in [1.165, 1.54) is 5.56 Å². The van der Waals surface area contributed by atoms with Crippen LogP contribution in [0.2, 0.25) is 0 Å². The lowest BCUT2D eigenvalue weighted by Crippen LogP contribution is -2.39. The van der Waals surface area contributed by atoms with E-state index < -0.39 is 0 Å². The van der Waals surface area contributed by atoms with Crippen LogP contribution >= 0.6 is 0 Å². The number of carbonyl (C=O) groups excluding carboxylic acids is 1. The third-order valence-electron chi connectivity index (χ3n) is 2.79. The fourth-order valence-electron chi connectivity index (χ4n) is 2.00. The number of benzene rings is 1. The molecule has 3 nitrogen and oxygen atoms in total. The lowest BCUT2D eigenvalue weighted by atomic mass is 10.0. The van der Waals surface area contributed by atoms with Gasteiger partial charge in [-0.2, -0.15) is 0 Å². The molecule has 0 radical (unpaired) electrons. The summed E-state index contributed by atoms with van der Waals surface area (Å²) in [5.41, 5.74) is 3.12. The van der Waals surface area contributed by atoms with Gasteiger partial charge in [0.15, 0.2) is 0 Å². The first-order chi connectivity index (χ1) is 7.56. The van der Waals surface area contributed by atoms with Crippen LogP contribution in [-0.4, -0.2) is 11.9 Å². The van der Waals surface area contributed by atoms with E-state index in [9.17, 15) is 4.79 Å². The Hall–Kier alpha value is -1.51. The Balaban J connectivity index is 2.22. The smallest absolute Gasteiger partial charge is 0.246 e. The molecule has 2 rings (SSSR count). The highest BCUT2D eigenvalue weighted by Gasteiger charge is 2.25. The average Bonchev–Trinajstić information content (AvgIpc) is 2.19. The van der Waals surface area contributed by atoms with Crippen molar-refractivity contribution in [3.63, 3.8) is 0 Å². The van der Waals surface area contributed by atoms with Crippen molar-refractivity contribution in [2.75, 3.05) is 10.6 Å². The maximum atomic E-state index is 11.8. The Morgan fingerprint density at radius 2 is 2.06 bits per heavy atom. The van der Waals surface area contributed by atoms with E-state index in [0.717, 1.165) is 17.8 Å². The summed E-state index contributed by atoms with van der Waals surface area (Å²) in [6, 6.07) is 5.92. The first-order valence-electron chi connectivity index (χ1n) is 5.74. The monoisotopic (exact) mass is 218 g/mol. The van der Waals surface area contributed by atoms with Gasteiger partial charge in [0, 0.05) is 0 Å². The van der Waals surface area contributed by atoms with E-state index in [2.05, 4.69) is 37.5 Å². The van der Waals surface area contributed by atoms with Crippen LogP contribution in [0.3, 0.4) is 0 Å². The molecule has 0 saturated carbocycles. The maximum absolute atomic E-state index is 11.8. The van der Waals surface area contributed by atoms with E-state index in [4.69, 9.17) is 0 Å². The van der Waals surface area contributed by atoms with Crippen molar-refractivity contribution >= 4 is 17.3 Å². The van der Waals surface area contributed by atoms with Crippen molar-refractivity contribution < 1.29 is 4.79 Å². The molecule has 0 aliphatic carbocycles. The Kier molecular flexibility index (Phi) is 2.86. The Labute approximate surface area is 96.2 Å². The predicted octanol–water partition coefficient (Wildman–Crippen LogP) is 2.77. The molecule has 1 aliphatic rings. The molecule has 1 aromatic carbocycles. The molecule has 0 fully saturated rings. The summed E-state index contributed by atoms with van der Waals surface area (Å²) in [6.07, 6.45) is 0.860. The van der Waals surface area contributed by atoms with E-state index in [1.54, 1.807) is 0 Å². The largest absolute Gasteiger partial charge is 0.372 e. The van der Waals surface area contributed by atoms with E-state index in [1.807, 2.05) is 12.1 Å². The van der Waals surface area contributed by atoms with Gasteiger partial charge in [0.05, 0.1) is 11.4 Å². The molecule has 0 spiro atoms. The quantitative estimate of drug-likeness (QED) is 0.801. The third kappa shape index (κ3) is 2.18. The van der Waals surface area contributed by atoms with Crippen LogP contribution in [0.1, 0.15) is 25.8 Å². The second-order valence-electron chi connectivity index (χ2n) is 4.86. The van der Waals surface area contributed by atoms with Gasteiger partial charge in [-0.1, -0.05) is 19.9 Å². The summed E-state index contributed by atoms with van der Waals surface area (Å²) < 4.78 is 0. The average molecular weight is 218 g/mol. The topological polar surface area (TPSA) is 41.1 Å². The fourth-order valence-corrected chi connectivity index (χ4v) is 2.00. The van der Waals surface area contributed by atoms with Crippen LogP contribution in [0.5, 0.6) is 0 Å². The standard InChI is InChI=1S/C13H18N2O/c1-8(2)6-12-13(16)15-10-5-4-9(3)7-11(10)14-12/h4-5,7-8,12,14H,6H2,1-3H3,(H,15,16). The van der Waals surface area contributed by atoms with Gasteiger partial charge in [-0.15, -0.1) is 0 Å². The van der Waals surface area contributed by atoms with E-state index >= 15 is 0 Å². The molecule has 1 amide bonds. The molecule has 1 aromatic rings. The predicted molar refractivity (Wildman–Crippen MR) is 66.7 cm³/mol. The van der Waals surface area contributed by atoms with E-state index in [0.29, 0.717) is 5.92 Å². The summed E-state index contributed by atoms with van der Waals surface area (Å²) in [4.78, 5) is 11.8. The van der Waals surface area contributed by atoms with Gasteiger partial charge in [0.1, 0.15) is 6.04 Å². The molecule has 0 saturated heterocycles. The number of hydrogen-bond acceptors (Lipinski definition) is 2. The molecule has 3 heteroatoms. The summed E-state index contributed by atoms with van der Waals surface area (Å²) in [5.74, 6) is 0.583. The molecule has 1 heterocycles. The van der Waals surface area contributed by atoms with Crippen LogP contribution in [0.4, 0.5) is 11.4 Å². The van der Waals surface area contributed by atoms with Gasteiger partial charge in [0.2, 0.25) is 5.91 Å². The number of nitrogens with one attached hydrogen (secondary N) is 2. The highest BCUT2D eigenvalue weighted by molar-refractivity contribution is 6.02. The van der Waals surface area contributed by atoms with Gasteiger partial charge >= 0.3 is 0 Å².